The lowest BCUT2D eigenvalue weighted by Gasteiger charge is -2.31. The maximum Gasteiger partial charge on any atom is 0.247 e. The molecule has 8 nitrogen and oxygen atoms in total. The molecular formula is C23H31N3O5S. The minimum Gasteiger partial charge on any atom is -0.497 e. The van der Waals surface area contributed by atoms with Gasteiger partial charge in [0.25, 0.3) is 0 Å². The van der Waals surface area contributed by atoms with Crippen molar-refractivity contribution in [3.63, 3.8) is 0 Å². The summed E-state index contributed by atoms with van der Waals surface area (Å²) in [7, 11) is -1.15. The first kappa shape index (κ1) is 24.0. The molecule has 174 valence electrons. The Labute approximate surface area is 190 Å². The van der Waals surface area contributed by atoms with Gasteiger partial charge in [-0.2, -0.15) is 4.31 Å². The number of methoxy groups -OCH3 is 2. The van der Waals surface area contributed by atoms with Crippen molar-refractivity contribution in [1.29, 1.82) is 0 Å². The van der Waals surface area contributed by atoms with Gasteiger partial charge in [-0.05, 0) is 23.6 Å². The highest BCUT2D eigenvalue weighted by Gasteiger charge is 2.33. The molecule has 1 unspecified atom stereocenters. The molecule has 1 atom stereocenters. The van der Waals surface area contributed by atoms with Crippen LogP contribution in [-0.2, 0) is 14.8 Å². The highest BCUT2D eigenvalue weighted by molar-refractivity contribution is 7.89. The molecule has 1 aliphatic heterocycles. The lowest BCUT2D eigenvalue weighted by molar-refractivity contribution is -0.132. The van der Waals surface area contributed by atoms with Crippen LogP contribution >= 0.6 is 0 Å². The van der Waals surface area contributed by atoms with Crippen molar-refractivity contribution in [2.24, 2.45) is 0 Å². The fraction of sp³-hybridized carbons (Fsp3) is 0.435. The van der Waals surface area contributed by atoms with Crippen LogP contribution in [0.2, 0.25) is 0 Å². The summed E-state index contributed by atoms with van der Waals surface area (Å²) in [6, 6.07) is 14.3. The van der Waals surface area contributed by atoms with E-state index in [9.17, 15) is 13.2 Å². The molecule has 0 aliphatic carbocycles. The number of sulfonamides is 1. The maximum absolute atomic E-state index is 13.8. The molecule has 1 heterocycles. The fourth-order valence-electron chi connectivity index (χ4n) is 3.73. The minimum atomic E-state index is -4.05. The van der Waals surface area contributed by atoms with Crippen LogP contribution in [0.3, 0.4) is 0 Å². The van der Waals surface area contributed by atoms with Gasteiger partial charge in [0.05, 0.1) is 20.8 Å². The van der Waals surface area contributed by atoms with Gasteiger partial charge in [0, 0.05) is 38.8 Å². The molecule has 0 saturated carbocycles. The molecule has 32 heavy (non-hydrogen) atoms. The van der Waals surface area contributed by atoms with Gasteiger partial charge in [-0.3, -0.25) is 4.79 Å². The first-order chi connectivity index (χ1) is 15.4. The van der Waals surface area contributed by atoms with Gasteiger partial charge in [0.2, 0.25) is 15.9 Å². The molecule has 0 spiro atoms. The Morgan fingerprint density at radius 3 is 2.41 bits per heavy atom. The number of rotatable bonds is 9. The average molecular weight is 462 g/mol. The molecule has 3 rings (SSSR count). The summed E-state index contributed by atoms with van der Waals surface area (Å²) in [5, 5.41) is 3.20. The summed E-state index contributed by atoms with van der Waals surface area (Å²) in [5.74, 6) is 0.280. The third kappa shape index (κ3) is 5.59. The summed E-state index contributed by atoms with van der Waals surface area (Å²) in [5.41, 5.74) is 1.000. The number of amides is 1. The molecule has 0 radical (unpaired) electrons. The summed E-state index contributed by atoms with van der Waals surface area (Å²) in [6.07, 6.45) is 0. The lowest BCUT2D eigenvalue weighted by atomic mass is 10.0. The summed E-state index contributed by atoms with van der Waals surface area (Å²) < 4.78 is 39.4. The molecule has 1 N–H and O–H groups in total. The van der Waals surface area contributed by atoms with E-state index < -0.39 is 10.0 Å². The molecule has 9 heteroatoms. The Hall–Kier alpha value is -2.62. The SMILES string of the molecule is COc1ccc(OC)c(S(=O)(=O)N(CC(=O)N2CCNCC2)CC(C)c2ccccc2)c1. The normalized spacial score (nSPS) is 15.4. The van der Waals surface area contributed by atoms with Crippen molar-refractivity contribution in [3.05, 3.63) is 54.1 Å². The fourth-order valence-corrected chi connectivity index (χ4v) is 5.38. The third-order valence-electron chi connectivity index (χ3n) is 5.62. The number of piperazine rings is 1. The van der Waals surface area contributed by atoms with E-state index in [1.165, 1.54) is 24.6 Å². The second-order valence-corrected chi connectivity index (χ2v) is 9.66. The van der Waals surface area contributed by atoms with Crippen molar-refractivity contribution in [2.45, 2.75) is 17.7 Å². The minimum absolute atomic E-state index is 0.0206. The Morgan fingerprint density at radius 2 is 1.78 bits per heavy atom. The Morgan fingerprint density at radius 1 is 1.09 bits per heavy atom. The standard InChI is InChI=1S/C23H31N3O5S/c1-18(19-7-5-4-6-8-19)16-26(17-23(27)25-13-11-24-12-14-25)32(28,29)22-15-20(30-2)9-10-21(22)31-3/h4-10,15,18,24H,11-14,16-17H2,1-3H3. The van der Waals surface area contributed by atoms with Crippen molar-refractivity contribution < 1.29 is 22.7 Å². The van der Waals surface area contributed by atoms with Gasteiger partial charge >= 0.3 is 0 Å². The van der Waals surface area contributed by atoms with Crippen LogP contribution in [0.1, 0.15) is 18.4 Å². The van der Waals surface area contributed by atoms with Crippen molar-refractivity contribution >= 4 is 15.9 Å². The van der Waals surface area contributed by atoms with E-state index in [1.807, 2.05) is 37.3 Å². The van der Waals surface area contributed by atoms with Gasteiger partial charge in [0.15, 0.2) is 0 Å². The van der Waals surface area contributed by atoms with E-state index in [4.69, 9.17) is 9.47 Å². The highest BCUT2D eigenvalue weighted by atomic mass is 32.2. The van der Waals surface area contributed by atoms with Crippen LogP contribution in [0.25, 0.3) is 0 Å². The van der Waals surface area contributed by atoms with E-state index in [0.717, 1.165) is 5.56 Å². The molecule has 1 aliphatic rings. The Balaban J connectivity index is 1.95. The molecule has 1 amide bonds. The molecule has 0 aromatic heterocycles. The van der Waals surface area contributed by atoms with Crippen LogP contribution in [0.5, 0.6) is 11.5 Å². The predicted molar refractivity (Wildman–Crippen MR) is 123 cm³/mol. The first-order valence-corrected chi connectivity index (χ1v) is 12.1. The number of hydrogen-bond donors (Lipinski definition) is 1. The number of carbonyl (C=O) groups excluding carboxylic acids is 1. The number of benzene rings is 2. The predicted octanol–water partition coefficient (Wildman–Crippen LogP) is 1.93. The lowest BCUT2D eigenvalue weighted by Crippen LogP contribution is -2.50. The molecule has 0 bridgehead atoms. The third-order valence-corrected chi connectivity index (χ3v) is 7.45. The number of nitrogens with zero attached hydrogens (tertiary/aromatic N) is 2. The van der Waals surface area contributed by atoms with E-state index in [-0.39, 0.29) is 35.6 Å². The van der Waals surface area contributed by atoms with Crippen molar-refractivity contribution in [3.8, 4) is 11.5 Å². The monoisotopic (exact) mass is 461 g/mol. The first-order valence-electron chi connectivity index (χ1n) is 10.6. The number of carbonyl (C=O) groups is 1. The molecule has 1 fully saturated rings. The van der Waals surface area contributed by atoms with E-state index in [2.05, 4.69) is 5.32 Å². The summed E-state index contributed by atoms with van der Waals surface area (Å²) >= 11 is 0. The Bertz CT molecular complexity index is 1010. The smallest absolute Gasteiger partial charge is 0.247 e. The van der Waals surface area contributed by atoms with Gasteiger partial charge in [-0.15, -0.1) is 0 Å². The largest absolute Gasteiger partial charge is 0.497 e. The van der Waals surface area contributed by atoms with Crippen LogP contribution in [0, 0.1) is 0 Å². The number of nitrogens with one attached hydrogen (secondary N) is 1. The molecule has 2 aromatic rings. The zero-order chi connectivity index (χ0) is 23.1. The zero-order valence-corrected chi connectivity index (χ0v) is 19.6. The Kier molecular flexibility index (Phi) is 8.11. The number of hydrogen-bond acceptors (Lipinski definition) is 6. The maximum atomic E-state index is 13.8. The van der Waals surface area contributed by atoms with Crippen molar-refractivity contribution in [1.82, 2.24) is 14.5 Å². The molecule has 1 saturated heterocycles. The summed E-state index contributed by atoms with van der Waals surface area (Å²) in [4.78, 5) is 14.7. The summed E-state index contributed by atoms with van der Waals surface area (Å²) in [6.45, 7) is 4.39. The molecule has 2 aromatic carbocycles. The quantitative estimate of drug-likeness (QED) is 0.614. The van der Waals surface area contributed by atoms with Crippen LogP contribution < -0.4 is 14.8 Å². The van der Waals surface area contributed by atoms with Gasteiger partial charge in [0.1, 0.15) is 16.4 Å². The van der Waals surface area contributed by atoms with E-state index in [0.29, 0.717) is 31.9 Å². The van der Waals surface area contributed by atoms with Gasteiger partial charge in [-0.25, -0.2) is 8.42 Å². The van der Waals surface area contributed by atoms with E-state index in [1.54, 1.807) is 17.0 Å². The van der Waals surface area contributed by atoms with Crippen molar-refractivity contribution in [2.75, 3.05) is 53.5 Å². The molecular weight excluding hydrogens is 430 g/mol. The highest BCUT2D eigenvalue weighted by Crippen LogP contribution is 2.32. The van der Waals surface area contributed by atoms with E-state index >= 15 is 0 Å². The topological polar surface area (TPSA) is 88.2 Å². The second-order valence-electron chi connectivity index (χ2n) is 7.76. The van der Waals surface area contributed by atoms with Crippen LogP contribution in [0.4, 0.5) is 0 Å². The average Bonchev–Trinajstić information content (AvgIpc) is 2.84. The van der Waals surface area contributed by atoms with Gasteiger partial charge < -0.3 is 19.7 Å². The van der Waals surface area contributed by atoms with Gasteiger partial charge in [-0.1, -0.05) is 37.3 Å². The van der Waals surface area contributed by atoms with Crippen LogP contribution in [-0.4, -0.2) is 77.0 Å². The number of ether oxygens (including phenoxy) is 2. The zero-order valence-electron chi connectivity index (χ0n) is 18.8. The second kappa shape index (κ2) is 10.8. The van der Waals surface area contributed by atoms with Crippen LogP contribution in [0.15, 0.2) is 53.4 Å².